The summed E-state index contributed by atoms with van der Waals surface area (Å²) in [6, 6.07) is 8.48. The SMILES string of the molecule is CCOC(=O)C1=CCN(SI)C1c1ccc(CC)cc1. The van der Waals surface area contributed by atoms with Crippen molar-refractivity contribution in [2.45, 2.75) is 26.3 Å². The molecule has 1 aliphatic rings. The highest BCUT2D eigenvalue weighted by Crippen LogP contribution is 2.40. The lowest BCUT2D eigenvalue weighted by Crippen LogP contribution is -2.21. The molecule has 1 atom stereocenters. The van der Waals surface area contributed by atoms with Gasteiger partial charge in [0.1, 0.15) is 0 Å². The largest absolute Gasteiger partial charge is 0.463 e. The molecular weight excluding hydrogens is 385 g/mol. The number of esters is 1. The van der Waals surface area contributed by atoms with Crippen LogP contribution >= 0.6 is 30.3 Å². The zero-order chi connectivity index (χ0) is 14.5. The Balaban J connectivity index is 2.27. The predicted octanol–water partition coefficient (Wildman–Crippen LogP) is 4.09. The van der Waals surface area contributed by atoms with Gasteiger partial charge in [-0.15, -0.1) is 0 Å². The number of hydrogen-bond acceptors (Lipinski definition) is 4. The molecule has 1 aromatic carbocycles. The van der Waals surface area contributed by atoms with E-state index in [1.165, 1.54) is 5.56 Å². The minimum atomic E-state index is -0.204. The molecule has 0 fully saturated rings. The van der Waals surface area contributed by atoms with Gasteiger partial charge in [0.25, 0.3) is 0 Å². The first-order chi connectivity index (χ1) is 9.71. The molecule has 20 heavy (non-hydrogen) atoms. The lowest BCUT2D eigenvalue weighted by Gasteiger charge is -2.23. The molecule has 1 aliphatic heterocycles. The molecule has 5 heteroatoms. The summed E-state index contributed by atoms with van der Waals surface area (Å²) in [7, 11) is 1.63. The van der Waals surface area contributed by atoms with Crippen LogP contribution in [-0.4, -0.2) is 23.4 Å². The smallest absolute Gasteiger partial charge is 0.335 e. The molecule has 0 N–H and O–H groups in total. The van der Waals surface area contributed by atoms with Gasteiger partial charge < -0.3 is 4.74 Å². The van der Waals surface area contributed by atoms with Gasteiger partial charge >= 0.3 is 5.97 Å². The number of rotatable bonds is 5. The minimum Gasteiger partial charge on any atom is -0.463 e. The summed E-state index contributed by atoms with van der Waals surface area (Å²) in [5.41, 5.74) is 3.20. The quantitative estimate of drug-likeness (QED) is 0.421. The molecule has 0 radical (unpaired) electrons. The zero-order valence-electron chi connectivity index (χ0n) is 11.6. The maximum absolute atomic E-state index is 12.1. The molecule has 108 valence electrons. The van der Waals surface area contributed by atoms with Gasteiger partial charge in [-0.05, 0) is 33.6 Å². The first-order valence-corrected chi connectivity index (χ1v) is 10.0. The van der Waals surface area contributed by atoms with E-state index in [1.54, 1.807) is 9.12 Å². The van der Waals surface area contributed by atoms with Gasteiger partial charge in [0.2, 0.25) is 0 Å². The third-order valence-corrected chi connectivity index (χ3v) is 5.43. The molecule has 1 unspecified atom stereocenters. The van der Waals surface area contributed by atoms with Crippen molar-refractivity contribution in [3.63, 3.8) is 0 Å². The maximum atomic E-state index is 12.1. The summed E-state index contributed by atoms with van der Waals surface area (Å²) in [4.78, 5) is 12.1. The highest BCUT2D eigenvalue weighted by atomic mass is 127. The third kappa shape index (κ3) is 3.38. The number of nitrogens with zero attached hydrogens (tertiary/aromatic N) is 1. The summed E-state index contributed by atoms with van der Waals surface area (Å²) >= 11 is 2.26. The van der Waals surface area contributed by atoms with Crippen LogP contribution in [0.15, 0.2) is 35.9 Å². The van der Waals surface area contributed by atoms with Crippen molar-refractivity contribution in [3.05, 3.63) is 47.0 Å². The van der Waals surface area contributed by atoms with Crippen LogP contribution in [0.2, 0.25) is 0 Å². The van der Waals surface area contributed by atoms with Gasteiger partial charge in [-0.1, -0.05) is 37.3 Å². The van der Waals surface area contributed by atoms with E-state index in [0.717, 1.165) is 24.1 Å². The molecule has 0 aromatic heterocycles. The molecule has 0 saturated heterocycles. The lowest BCUT2D eigenvalue weighted by molar-refractivity contribution is -0.138. The molecule has 0 bridgehead atoms. The summed E-state index contributed by atoms with van der Waals surface area (Å²) < 4.78 is 7.36. The molecular formula is C15H18INO2S. The molecule has 0 aliphatic carbocycles. The van der Waals surface area contributed by atoms with E-state index in [-0.39, 0.29) is 12.0 Å². The van der Waals surface area contributed by atoms with Crippen LogP contribution in [0, 0.1) is 0 Å². The van der Waals surface area contributed by atoms with Crippen molar-refractivity contribution in [1.29, 1.82) is 0 Å². The van der Waals surface area contributed by atoms with Crippen LogP contribution in [0.4, 0.5) is 0 Å². The van der Waals surface area contributed by atoms with E-state index in [1.807, 2.05) is 13.0 Å². The lowest BCUT2D eigenvalue weighted by atomic mass is 9.99. The van der Waals surface area contributed by atoms with Crippen molar-refractivity contribution in [2.75, 3.05) is 13.2 Å². The Morgan fingerprint density at radius 3 is 2.65 bits per heavy atom. The first-order valence-electron chi connectivity index (χ1n) is 6.72. The second-order valence-corrected chi connectivity index (χ2v) is 6.34. The predicted molar refractivity (Wildman–Crippen MR) is 91.6 cm³/mol. The molecule has 3 nitrogen and oxygen atoms in total. The van der Waals surface area contributed by atoms with Crippen LogP contribution in [0.1, 0.15) is 31.0 Å². The fourth-order valence-electron chi connectivity index (χ4n) is 2.32. The van der Waals surface area contributed by atoms with Gasteiger partial charge in [0.05, 0.1) is 18.2 Å². The Morgan fingerprint density at radius 1 is 1.40 bits per heavy atom. The highest BCUT2D eigenvalue weighted by Gasteiger charge is 2.33. The number of carbonyl (C=O) groups excluding carboxylic acids is 1. The monoisotopic (exact) mass is 403 g/mol. The van der Waals surface area contributed by atoms with E-state index in [2.05, 4.69) is 56.7 Å². The average Bonchev–Trinajstić information content (AvgIpc) is 2.91. The number of aryl methyl sites for hydroxylation is 1. The average molecular weight is 403 g/mol. The molecule has 0 spiro atoms. The Morgan fingerprint density at radius 2 is 2.10 bits per heavy atom. The fourth-order valence-corrected chi connectivity index (χ4v) is 3.93. The van der Waals surface area contributed by atoms with Crippen molar-refractivity contribution in [1.82, 2.24) is 4.31 Å². The first kappa shape index (κ1) is 15.9. The molecule has 0 saturated carbocycles. The van der Waals surface area contributed by atoms with Gasteiger partial charge in [-0.2, -0.15) is 0 Å². The Bertz CT molecular complexity index is 501. The van der Waals surface area contributed by atoms with Crippen molar-refractivity contribution < 1.29 is 9.53 Å². The summed E-state index contributed by atoms with van der Waals surface area (Å²) in [5.74, 6) is -0.204. The maximum Gasteiger partial charge on any atom is 0.335 e. The van der Waals surface area contributed by atoms with E-state index in [0.29, 0.717) is 6.61 Å². The Hall–Kier alpha value is -0.530. The number of benzene rings is 1. The molecule has 2 rings (SSSR count). The number of halogens is 1. The van der Waals surface area contributed by atoms with Crippen LogP contribution in [-0.2, 0) is 16.0 Å². The van der Waals surface area contributed by atoms with Gasteiger partial charge in [0, 0.05) is 27.8 Å². The minimum absolute atomic E-state index is 0.0122. The van der Waals surface area contributed by atoms with Crippen molar-refractivity contribution >= 4 is 36.3 Å². The molecule has 1 aromatic rings. The normalized spacial score (nSPS) is 18.9. The second-order valence-electron chi connectivity index (χ2n) is 4.55. The Kier molecular flexibility index (Phi) is 5.92. The van der Waals surface area contributed by atoms with E-state index in [9.17, 15) is 4.79 Å². The van der Waals surface area contributed by atoms with Gasteiger partial charge in [0.15, 0.2) is 0 Å². The molecule has 1 heterocycles. The highest BCUT2D eigenvalue weighted by molar-refractivity contribution is 14.2. The van der Waals surface area contributed by atoms with E-state index in [4.69, 9.17) is 4.74 Å². The standard InChI is InChI=1S/C15H18INO2S/c1-3-11-5-7-12(8-6-11)14-13(15(18)19-4-2)9-10-17(14)20-16/h5-9,14H,3-4,10H2,1-2H3. The van der Waals surface area contributed by atoms with Crippen LogP contribution in [0.5, 0.6) is 0 Å². The van der Waals surface area contributed by atoms with E-state index >= 15 is 0 Å². The van der Waals surface area contributed by atoms with Crippen molar-refractivity contribution in [3.8, 4) is 0 Å². The number of hydrogen-bond donors (Lipinski definition) is 0. The number of carbonyl (C=O) groups is 1. The van der Waals surface area contributed by atoms with Crippen LogP contribution in [0.3, 0.4) is 0 Å². The van der Waals surface area contributed by atoms with Crippen LogP contribution in [0.25, 0.3) is 0 Å². The summed E-state index contributed by atoms with van der Waals surface area (Å²) in [5, 5.41) is 0. The van der Waals surface area contributed by atoms with Crippen LogP contribution < -0.4 is 0 Å². The van der Waals surface area contributed by atoms with Crippen molar-refractivity contribution in [2.24, 2.45) is 0 Å². The zero-order valence-corrected chi connectivity index (χ0v) is 14.6. The Labute approximate surface area is 136 Å². The fraction of sp³-hybridized carbons (Fsp3) is 0.400. The van der Waals surface area contributed by atoms with Gasteiger partial charge in [-0.3, -0.25) is 0 Å². The third-order valence-electron chi connectivity index (χ3n) is 3.38. The summed E-state index contributed by atoms with van der Waals surface area (Å²) in [6.45, 7) is 5.15. The summed E-state index contributed by atoms with van der Waals surface area (Å²) in [6.07, 6.45) is 3.00. The second kappa shape index (κ2) is 7.47. The molecule has 0 amide bonds. The van der Waals surface area contributed by atoms with E-state index < -0.39 is 0 Å². The topological polar surface area (TPSA) is 29.5 Å². The number of ether oxygens (including phenoxy) is 1. The van der Waals surface area contributed by atoms with Gasteiger partial charge in [-0.25, -0.2) is 9.10 Å².